The Bertz CT molecular complexity index is 448. The molecule has 0 aliphatic rings. The Morgan fingerprint density at radius 1 is 1.24 bits per heavy atom. The number of carbonyl (C=O) groups is 2. The molecule has 4 nitrogen and oxygen atoms in total. The summed E-state index contributed by atoms with van der Waals surface area (Å²) in [6.45, 7) is 5.93. The molecular formula is C16H23NO3S. The number of hydrogen-bond acceptors (Lipinski definition) is 4. The van der Waals surface area contributed by atoms with Crippen molar-refractivity contribution in [3.63, 3.8) is 0 Å². The first kappa shape index (κ1) is 17.6. The Morgan fingerprint density at radius 3 is 2.48 bits per heavy atom. The quantitative estimate of drug-likeness (QED) is 0.547. The van der Waals surface area contributed by atoms with E-state index < -0.39 is 0 Å². The van der Waals surface area contributed by atoms with Crippen LogP contribution in [0.1, 0.15) is 27.2 Å². The van der Waals surface area contributed by atoms with Crippen molar-refractivity contribution in [2.24, 2.45) is 0 Å². The molecule has 0 aliphatic heterocycles. The zero-order valence-corrected chi connectivity index (χ0v) is 13.7. The van der Waals surface area contributed by atoms with E-state index in [1.165, 1.54) is 0 Å². The third-order valence-corrected chi connectivity index (χ3v) is 3.89. The normalized spacial score (nSPS) is 10.5. The van der Waals surface area contributed by atoms with E-state index in [9.17, 15) is 9.59 Å². The molecule has 0 unspecified atom stereocenters. The molecule has 1 aromatic rings. The van der Waals surface area contributed by atoms with E-state index in [-0.39, 0.29) is 24.5 Å². The first-order chi connectivity index (χ1) is 10.0. The highest BCUT2D eigenvalue weighted by molar-refractivity contribution is 7.99. The van der Waals surface area contributed by atoms with E-state index in [1.807, 2.05) is 44.2 Å². The molecule has 0 heterocycles. The predicted molar refractivity (Wildman–Crippen MR) is 85.3 cm³/mol. The van der Waals surface area contributed by atoms with Crippen molar-refractivity contribution < 1.29 is 14.3 Å². The number of carbonyl (C=O) groups excluding carboxylic acids is 2. The van der Waals surface area contributed by atoms with Gasteiger partial charge in [0.15, 0.2) is 0 Å². The summed E-state index contributed by atoms with van der Waals surface area (Å²) in [5.74, 6) is 0.339. The van der Waals surface area contributed by atoms with Crippen molar-refractivity contribution in [1.29, 1.82) is 0 Å². The molecule has 116 valence electrons. The third-order valence-electron chi connectivity index (χ3n) is 2.88. The minimum absolute atomic E-state index is 0.0105. The van der Waals surface area contributed by atoms with Crippen LogP contribution >= 0.6 is 11.8 Å². The van der Waals surface area contributed by atoms with Crippen LogP contribution in [0.2, 0.25) is 0 Å². The molecular weight excluding hydrogens is 286 g/mol. The lowest BCUT2D eigenvalue weighted by Crippen LogP contribution is -2.41. The fourth-order valence-corrected chi connectivity index (χ4v) is 2.68. The van der Waals surface area contributed by atoms with E-state index >= 15 is 0 Å². The maximum Gasteiger partial charge on any atom is 0.325 e. The van der Waals surface area contributed by atoms with Gasteiger partial charge >= 0.3 is 5.97 Å². The molecule has 0 spiro atoms. The van der Waals surface area contributed by atoms with Gasteiger partial charge in [-0.15, -0.1) is 11.8 Å². The molecule has 0 N–H and O–H groups in total. The maximum atomic E-state index is 12.2. The predicted octanol–water partition coefficient (Wildman–Crippen LogP) is 2.97. The van der Waals surface area contributed by atoms with Gasteiger partial charge in [-0.25, -0.2) is 0 Å². The molecule has 5 heteroatoms. The SMILES string of the molecule is CCOC(=O)CN(C(=O)CCSc1ccccc1)C(C)C. The van der Waals surface area contributed by atoms with E-state index in [1.54, 1.807) is 23.6 Å². The zero-order valence-electron chi connectivity index (χ0n) is 12.9. The summed E-state index contributed by atoms with van der Waals surface area (Å²) in [6.07, 6.45) is 0.414. The van der Waals surface area contributed by atoms with Gasteiger partial charge in [0.25, 0.3) is 0 Å². The van der Waals surface area contributed by atoms with Gasteiger partial charge in [0.1, 0.15) is 6.54 Å². The van der Waals surface area contributed by atoms with Gasteiger partial charge in [-0.1, -0.05) is 18.2 Å². The van der Waals surface area contributed by atoms with Crippen molar-refractivity contribution in [3.8, 4) is 0 Å². The van der Waals surface area contributed by atoms with Crippen LogP contribution in [0.25, 0.3) is 0 Å². The minimum Gasteiger partial charge on any atom is -0.465 e. The lowest BCUT2D eigenvalue weighted by atomic mass is 10.3. The second-order valence-electron chi connectivity index (χ2n) is 4.83. The third kappa shape index (κ3) is 6.67. The van der Waals surface area contributed by atoms with Crippen molar-refractivity contribution >= 4 is 23.6 Å². The molecule has 0 aromatic heterocycles. The average molecular weight is 309 g/mol. The van der Waals surface area contributed by atoms with Gasteiger partial charge < -0.3 is 9.64 Å². The molecule has 0 bridgehead atoms. The number of benzene rings is 1. The van der Waals surface area contributed by atoms with Crippen molar-refractivity contribution in [2.45, 2.75) is 38.1 Å². The Morgan fingerprint density at radius 2 is 1.90 bits per heavy atom. The number of nitrogens with zero attached hydrogens (tertiary/aromatic N) is 1. The summed E-state index contributed by atoms with van der Waals surface area (Å²) in [6, 6.07) is 9.96. The molecule has 0 atom stereocenters. The number of amides is 1. The lowest BCUT2D eigenvalue weighted by Gasteiger charge is -2.25. The summed E-state index contributed by atoms with van der Waals surface area (Å²) >= 11 is 1.64. The van der Waals surface area contributed by atoms with Gasteiger partial charge in [-0.2, -0.15) is 0 Å². The van der Waals surface area contributed by atoms with Crippen molar-refractivity contribution in [1.82, 2.24) is 4.90 Å². The molecule has 0 aliphatic carbocycles. The van der Waals surface area contributed by atoms with Crippen LogP contribution in [0.3, 0.4) is 0 Å². The molecule has 0 radical (unpaired) electrons. The summed E-state index contributed by atoms with van der Waals surface area (Å²) < 4.78 is 4.91. The van der Waals surface area contributed by atoms with Crippen molar-refractivity contribution in [3.05, 3.63) is 30.3 Å². The second-order valence-corrected chi connectivity index (χ2v) is 6.00. The fourth-order valence-electron chi connectivity index (χ4n) is 1.82. The van der Waals surface area contributed by atoms with Gasteiger partial charge in [0.05, 0.1) is 6.61 Å². The zero-order chi connectivity index (χ0) is 15.7. The van der Waals surface area contributed by atoms with Gasteiger partial charge in [0, 0.05) is 23.1 Å². The maximum absolute atomic E-state index is 12.2. The van der Waals surface area contributed by atoms with Gasteiger partial charge in [0.2, 0.25) is 5.91 Å². The van der Waals surface area contributed by atoms with Crippen LogP contribution in [0, 0.1) is 0 Å². The largest absolute Gasteiger partial charge is 0.465 e. The molecule has 1 rings (SSSR count). The lowest BCUT2D eigenvalue weighted by molar-refractivity contribution is -0.149. The molecule has 1 amide bonds. The van der Waals surface area contributed by atoms with Crippen LogP contribution in [0.15, 0.2) is 35.2 Å². The Hall–Kier alpha value is -1.49. The van der Waals surface area contributed by atoms with E-state index in [0.29, 0.717) is 18.8 Å². The summed E-state index contributed by atoms with van der Waals surface area (Å²) in [4.78, 5) is 26.5. The van der Waals surface area contributed by atoms with Crippen LogP contribution in [-0.2, 0) is 14.3 Å². The number of hydrogen-bond donors (Lipinski definition) is 0. The van der Waals surface area contributed by atoms with Crippen LogP contribution in [0.5, 0.6) is 0 Å². The first-order valence-corrected chi connectivity index (χ1v) is 8.16. The van der Waals surface area contributed by atoms with Crippen LogP contribution < -0.4 is 0 Å². The molecule has 21 heavy (non-hydrogen) atoms. The second kappa shape index (κ2) is 9.45. The molecule has 1 aromatic carbocycles. The van der Waals surface area contributed by atoms with Crippen LogP contribution in [-0.4, -0.2) is 41.7 Å². The highest BCUT2D eigenvalue weighted by Gasteiger charge is 2.20. The Labute approximate surface area is 130 Å². The van der Waals surface area contributed by atoms with Crippen LogP contribution in [0.4, 0.5) is 0 Å². The number of esters is 1. The van der Waals surface area contributed by atoms with Crippen molar-refractivity contribution in [2.75, 3.05) is 18.9 Å². The number of thioether (sulfide) groups is 1. The van der Waals surface area contributed by atoms with E-state index in [4.69, 9.17) is 4.74 Å². The fraction of sp³-hybridized carbons (Fsp3) is 0.500. The highest BCUT2D eigenvalue weighted by atomic mass is 32.2. The molecule has 0 saturated heterocycles. The first-order valence-electron chi connectivity index (χ1n) is 7.17. The highest BCUT2D eigenvalue weighted by Crippen LogP contribution is 2.18. The monoisotopic (exact) mass is 309 g/mol. The summed E-state index contributed by atoms with van der Waals surface area (Å²) in [5, 5.41) is 0. The topological polar surface area (TPSA) is 46.6 Å². The average Bonchev–Trinajstić information content (AvgIpc) is 2.45. The number of ether oxygens (including phenoxy) is 1. The number of rotatable bonds is 8. The van der Waals surface area contributed by atoms with E-state index in [2.05, 4.69) is 0 Å². The summed E-state index contributed by atoms with van der Waals surface area (Å²) in [7, 11) is 0. The van der Waals surface area contributed by atoms with Gasteiger partial charge in [-0.3, -0.25) is 9.59 Å². The molecule has 0 saturated carbocycles. The summed E-state index contributed by atoms with van der Waals surface area (Å²) in [5.41, 5.74) is 0. The minimum atomic E-state index is -0.352. The van der Waals surface area contributed by atoms with Gasteiger partial charge in [-0.05, 0) is 32.9 Å². The Balaban J connectivity index is 2.44. The molecule has 0 fully saturated rings. The standard InChI is InChI=1S/C16H23NO3S/c1-4-20-16(19)12-17(13(2)3)15(18)10-11-21-14-8-6-5-7-9-14/h5-9,13H,4,10-12H2,1-3H3. The smallest absolute Gasteiger partial charge is 0.325 e. The van der Waals surface area contributed by atoms with E-state index in [0.717, 1.165) is 4.90 Å². The Kier molecular flexibility index (Phi) is 7.90.